The van der Waals surface area contributed by atoms with E-state index < -0.39 is 0 Å². The lowest BCUT2D eigenvalue weighted by Crippen LogP contribution is -3.07. The van der Waals surface area contributed by atoms with E-state index in [9.17, 15) is 4.39 Å². The second-order valence-electron chi connectivity index (χ2n) is 6.18. The molecule has 0 aromatic heterocycles. The number of quaternary nitrogens is 1. The van der Waals surface area contributed by atoms with Crippen LogP contribution in [0.4, 0.5) is 4.39 Å². The third-order valence-corrected chi connectivity index (χ3v) is 4.74. The zero-order chi connectivity index (χ0) is 19.1. The fourth-order valence-corrected chi connectivity index (χ4v) is 3.07. The van der Waals surface area contributed by atoms with Crippen LogP contribution in [0.15, 0.2) is 42.5 Å². The molecule has 2 aromatic carbocycles. The van der Waals surface area contributed by atoms with Crippen molar-refractivity contribution in [1.82, 2.24) is 10.6 Å². The fraction of sp³-hybridized carbons (Fsp3) is 0.316. The van der Waals surface area contributed by atoms with Gasteiger partial charge in [-0.05, 0) is 42.0 Å². The monoisotopic (exact) mass is 396 g/mol. The minimum Gasteiger partial charge on any atom is -0.497 e. The van der Waals surface area contributed by atoms with E-state index in [1.807, 2.05) is 38.4 Å². The van der Waals surface area contributed by atoms with Crippen LogP contribution in [0.5, 0.6) is 5.75 Å². The number of thiocarbonyl (C=S) groups is 1. The van der Waals surface area contributed by atoms with E-state index in [1.165, 1.54) is 6.07 Å². The summed E-state index contributed by atoms with van der Waals surface area (Å²) >= 11 is 11.5. The van der Waals surface area contributed by atoms with Crippen LogP contribution >= 0.6 is 23.8 Å². The normalized spacial score (nSPS) is 11.9. The number of rotatable bonds is 7. The standard InChI is InChI=1S/C19H23ClFN3OS/c1-24(2)17(18-15(20)5-4-6-16(18)21)12-23-19(26)22-11-13-7-9-14(25-3)10-8-13/h4-10,17H,11-12H2,1-3H3,(H2,22,23,26)/p+1/t17-/m1/s1. The van der Waals surface area contributed by atoms with Crippen molar-refractivity contribution in [2.75, 3.05) is 27.7 Å². The summed E-state index contributed by atoms with van der Waals surface area (Å²) in [5.41, 5.74) is 1.58. The summed E-state index contributed by atoms with van der Waals surface area (Å²) in [7, 11) is 5.56. The molecule has 140 valence electrons. The van der Waals surface area contributed by atoms with E-state index in [2.05, 4.69) is 10.6 Å². The maximum absolute atomic E-state index is 14.2. The van der Waals surface area contributed by atoms with Crippen LogP contribution in [0, 0.1) is 5.82 Å². The van der Waals surface area contributed by atoms with Gasteiger partial charge in [-0.25, -0.2) is 4.39 Å². The summed E-state index contributed by atoms with van der Waals surface area (Å²) in [4.78, 5) is 1.06. The molecule has 0 aliphatic carbocycles. The predicted molar refractivity (Wildman–Crippen MR) is 107 cm³/mol. The van der Waals surface area contributed by atoms with Gasteiger partial charge in [0, 0.05) is 6.54 Å². The molecule has 0 amide bonds. The molecule has 3 N–H and O–H groups in total. The van der Waals surface area contributed by atoms with Crippen molar-refractivity contribution in [2.45, 2.75) is 12.6 Å². The highest BCUT2D eigenvalue weighted by Gasteiger charge is 2.24. The maximum Gasteiger partial charge on any atom is 0.166 e. The van der Waals surface area contributed by atoms with Gasteiger partial charge in [0.15, 0.2) is 5.11 Å². The highest BCUT2D eigenvalue weighted by molar-refractivity contribution is 7.80. The largest absolute Gasteiger partial charge is 0.497 e. The Hall–Kier alpha value is -1.89. The topological polar surface area (TPSA) is 37.7 Å². The Kier molecular flexibility index (Phi) is 7.63. The minimum absolute atomic E-state index is 0.163. The van der Waals surface area contributed by atoms with Crippen molar-refractivity contribution >= 4 is 28.9 Å². The van der Waals surface area contributed by atoms with Gasteiger partial charge in [-0.3, -0.25) is 0 Å². The Morgan fingerprint density at radius 3 is 2.46 bits per heavy atom. The Morgan fingerprint density at radius 2 is 1.88 bits per heavy atom. The lowest BCUT2D eigenvalue weighted by molar-refractivity contribution is -0.890. The molecule has 2 rings (SSSR count). The van der Waals surface area contributed by atoms with Crippen molar-refractivity contribution < 1.29 is 14.0 Å². The van der Waals surface area contributed by atoms with Crippen LogP contribution < -0.4 is 20.3 Å². The van der Waals surface area contributed by atoms with Gasteiger partial charge in [0.2, 0.25) is 0 Å². The van der Waals surface area contributed by atoms with E-state index in [-0.39, 0.29) is 11.9 Å². The molecule has 0 fully saturated rings. The lowest BCUT2D eigenvalue weighted by Gasteiger charge is -2.24. The molecular weight excluding hydrogens is 373 g/mol. The molecule has 1 atom stereocenters. The van der Waals surface area contributed by atoms with Crippen LogP contribution in [0.2, 0.25) is 5.02 Å². The molecule has 0 saturated carbocycles. The summed E-state index contributed by atoms with van der Waals surface area (Å²) in [5.74, 6) is 0.510. The second-order valence-corrected chi connectivity index (χ2v) is 6.99. The van der Waals surface area contributed by atoms with Crippen LogP contribution in [-0.2, 0) is 6.54 Å². The number of hydrogen-bond donors (Lipinski definition) is 3. The summed E-state index contributed by atoms with van der Waals surface area (Å²) in [6.45, 7) is 1.06. The van der Waals surface area contributed by atoms with Crippen LogP contribution in [0.1, 0.15) is 17.2 Å². The average Bonchev–Trinajstić information content (AvgIpc) is 2.62. The van der Waals surface area contributed by atoms with E-state index in [1.54, 1.807) is 19.2 Å². The van der Waals surface area contributed by atoms with Crippen molar-refractivity contribution in [1.29, 1.82) is 0 Å². The first-order chi connectivity index (χ1) is 12.4. The van der Waals surface area contributed by atoms with E-state index >= 15 is 0 Å². The molecule has 0 unspecified atom stereocenters. The Bertz CT molecular complexity index is 720. The first-order valence-electron chi connectivity index (χ1n) is 8.31. The molecule has 0 aliphatic heterocycles. The number of methoxy groups -OCH3 is 1. The number of halogens is 2. The molecule has 0 heterocycles. The summed E-state index contributed by atoms with van der Waals surface area (Å²) in [6.07, 6.45) is 0. The molecule has 0 aliphatic rings. The minimum atomic E-state index is -0.303. The second kappa shape index (κ2) is 9.71. The van der Waals surface area contributed by atoms with Gasteiger partial charge in [-0.15, -0.1) is 0 Å². The van der Waals surface area contributed by atoms with Gasteiger partial charge in [-0.2, -0.15) is 0 Å². The van der Waals surface area contributed by atoms with Crippen molar-refractivity contribution in [2.24, 2.45) is 0 Å². The number of hydrogen-bond acceptors (Lipinski definition) is 2. The van der Waals surface area contributed by atoms with Gasteiger partial charge < -0.3 is 20.3 Å². The maximum atomic E-state index is 14.2. The Balaban J connectivity index is 1.93. The third kappa shape index (κ3) is 5.56. The van der Waals surface area contributed by atoms with Gasteiger partial charge in [0.25, 0.3) is 0 Å². The molecule has 2 aromatic rings. The molecule has 26 heavy (non-hydrogen) atoms. The highest BCUT2D eigenvalue weighted by atomic mass is 35.5. The van der Waals surface area contributed by atoms with E-state index in [4.69, 9.17) is 28.6 Å². The van der Waals surface area contributed by atoms with Crippen molar-refractivity contribution in [3.63, 3.8) is 0 Å². The van der Waals surface area contributed by atoms with E-state index in [0.29, 0.717) is 28.8 Å². The molecular formula is C19H24ClFN3OS+. The van der Waals surface area contributed by atoms with Crippen LogP contribution in [-0.4, -0.2) is 32.9 Å². The van der Waals surface area contributed by atoms with Crippen LogP contribution in [0.3, 0.4) is 0 Å². The highest BCUT2D eigenvalue weighted by Crippen LogP contribution is 2.23. The van der Waals surface area contributed by atoms with Gasteiger partial charge in [0.1, 0.15) is 17.6 Å². The molecule has 0 saturated heterocycles. The Morgan fingerprint density at radius 1 is 1.19 bits per heavy atom. The SMILES string of the molecule is COc1ccc(CNC(=S)NC[C@H](c2c(F)cccc2Cl)[NH+](C)C)cc1. The van der Waals surface area contributed by atoms with Crippen molar-refractivity contribution in [3.8, 4) is 5.75 Å². The van der Waals surface area contributed by atoms with E-state index in [0.717, 1.165) is 16.2 Å². The van der Waals surface area contributed by atoms with Crippen LogP contribution in [0.25, 0.3) is 0 Å². The summed E-state index contributed by atoms with van der Waals surface area (Å²) in [6, 6.07) is 12.3. The predicted octanol–water partition coefficient (Wildman–Crippen LogP) is 2.34. The average molecular weight is 397 g/mol. The van der Waals surface area contributed by atoms with Gasteiger partial charge in [0.05, 0.1) is 38.3 Å². The Labute approximate surface area is 164 Å². The molecule has 7 heteroatoms. The zero-order valence-corrected chi connectivity index (χ0v) is 16.7. The summed E-state index contributed by atoms with van der Waals surface area (Å²) < 4.78 is 19.4. The number of ether oxygens (including phenoxy) is 1. The molecule has 0 radical (unpaired) electrons. The number of benzene rings is 2. The molecule has 0 bridgehead atoms. The molecule has 4 nitrogen and oxygen atoms in total. The smallest absolute Gasteiger partial charge is 0.166 e. The quantitative estimate of drug-likeness (QED) is 0.628. The number of likely N-dealkylation sites (N-methyl/N-ethyl adjacent to an activating group) is 1. The van der Waals surface area contributed by atoms with Crippen molar-refractivity contribution in [3.05, 3.63) is 64.4 Å². The zero-order valence-electron chi connectivity index (χ0n) is 15.1. The molecule has 0 spiro atoms. The van der Waals surface area contributed by atoms with Gasteiger partial charge >= 0.3 is 0 Å². The first kappa shape index (κ1) is 20.4. The summed E-state index contributed by atoms with van der Waals surface area (Å²) in [5, 5.41) is 7.25. The third-order valence-electron chi connectivity index (χ3n) is 4.12. The fourth-order valence-electron chi connectivity index (χ4n) is 2.62. The number of nitrogens with one attached hydrogen (secondary N) is 3. The lowest BCUT2D eigenvalue weighted by atomic mass is 10.1. The van der Waals surface area contributed by atoms with Gasteiger partial charge in [-0.1, -0.05) is 29.8 Å². The first-order valence-corrected chi connectivity index (χ1v) is 9.09.